The number of hydrogen-bond acceptors (Lipinski definition) is 4. The second kappa shape index (κ2) is 6.56. The summed E-state index contributed by atoms with van der Waals surface area (Å²) < 4.78 is 34.0. The smallest absolute Gasteiger partial charge is 0.313 e. The molecule has 21 heavy (non-hydrogen) atoms. The first-order valence-electron chi connectivity index (χ1n) is 5.90. The molecule has 0 aromatic heterocycles. The Morgan fingerprint density at radius 1 is 0.952 bits per heavy atom. The highest BCUT2D eigenvalue weighted by molar-refractivity contribution is 7.86. The Hall–Kier alpha value is -1.43. The van der Waals surface area contributed by atoms with Gasteiger partial charge in [-0.25, -0.2) is 0 Å². The van der Waals surface area contributed by atoms with Crippen LogP contribution in [-0.2, 0) is 15.9 Å². The van der Waals surface area contributed by atoms with Crippen LogP contribution in [0.4, 0.5) is 0 Å². The number of halogens is 2. The zero-order chi connectivity index (χ0) is 15.5. The summed E-state index contributed by atoms with van der Waals surface area (Å²) in [5.41, 5.74) is 0.498. The van der Waals surface area contributed by atoms with Gasteiger partial charge in [0.05, 0.1) is 17.2 Å². The molecule has 2 aromatic carbocycles. The van der Waals surface area contributed by atoms with Crippen molar-refractivity contribution in [3.05, 3.63) is 58.1 Å². The molecule has 0 atom stereocenters. The molecule has 0 aliphatic rings. The molecular weight excluding hydrogens is 335 g/mol. The highest BCUT2D eigenvalue weighted by Gasteiger charge is 2.15. The summed E-state index contributed by atoms with van der Waals surface area (Å²) >= 11 is 11.6. The predicted molar refractivity (Wildman–Crippen MR) is 82.7 cm³/mol. The fraction of sp³-hybridized carbons (Fsp3) is 0.143. The largest absolute Gasteiger partial charge is 0.497 e. The van der Waals surface area contributed by atoms with Gasteiger partial charge in [0.25, 0.3) is 0 Å². The van der Waals surface area contributed by atoms with Gasteiger partial charge in [0.2, 0.25) is 0 Å². The number of benzene rings is 2. The number of hydrogen-bond donors (Lipinski definition) is 0. The van der Waals surface area contributed by atoms with E-state index in [4.69, 9.17) is 32.1 Å². The van der Waals surface area contributed by atoms with Crippen LogP contribution in [0.2, 0.25) is 10.0 Å². The van der Waals surface area contributed by atoms with Crippen molar-refractivity contribution in [2.75, 3.05) is 7.11 Å². The molecule has 0 saturated heterocycles. The van der Waals surface area contributed by atoms with Crippen molar-refractivity contribution in [1.82, 2.24) is 0 Å². The van der Waals surface area contributed by atoms with Gasteiger partial charge in [-0.1, -0.05) is 29.3 Å². The van der Waals surface area contributed by atoms with E-state index in [9.17, 15) is 8.42 Å². The van der Waals surface area contributed by atoms with Crippen LogP contribution in [0.15, 0.2) is 42.5 Å². The molecule has 0 amide bonds. The van der Waals surface area contributed by atoms with Crippen molar-refractivity contribution in [2.45, 2.75) is 5.75 Å². The lowest BCUT2D eigenvalue weighted by Crippen LogP contribution is -2.12. The average Bonchev–Trinajstić information content (AvgIpc) is 2.43. The van der Waals surface area contributed by atoms with Crippen LogP contribution < -0.4 is 8.92 Å². The Bertz CT molecular complexity index is 727. The Morgan fingerprint density at radius 3 is 2.14 bits per heavy atom. The van der Waals surface area contributed by atoms with E-state index in [2.05, 4.69) is 0 Å². The van der Waals surface area contributed by atoms with E-state index in [1.807, 2.05) is 0 Å². The van der Waals surface area contributed by atoms with Crippen molar-refractivity contribution >= 4 is 33.3 Å². The van der Waals surface area contributed by atoms with Crippen molar-refractivity contribution < 1.29 is 17.3 Å². The van der Waals surface area contributed by atoms with Crippen LogP contribution in [0.3, 0.4) is 0 Å². The van der Waals surface area contributed by atoms with E-state index in [1.165, 1.54) is 25.3 Å². The third kappa shape index (κ3) is 4.52. The van der Waals surface area contributed by atoms with Crippen LogP contribution in [0.5, 0.6) is 11.5 Å². The van der Waals surface area contributed by atoms with Crippen molar-refractivity contribution in [1.29, 1.82) is 0 Å². The molecule has 0 saturated carbocycles. The second-order valence-electron chi connectivity index (χ2n) is 4.21. The van der Waals surface area contributed by atoms with E-state index in [-0.39, 0.29) is 11.5 Å². The van der Waals surface area contributed by atoms with Crippen LogP contribution in [0, 0.1) is 0 Å². The maximum Gasteiger partial charge on any atom is 0.313 e. The highest BCUT2D eigenvalue weighted by atomic mass is 35.5. The van der Waals surface area contributed by atoms with Gasteiger partial charge in [0.15, 0.2) is 0 Å². The zero-order valence-corrected chi connectivity index (χ0v) is 13.4. The van der Waals surface area contributed by atoms with E-state index in [0.29, 0.717) is 21.4 Å². The molecule has 4 nitrogen and oxygen atoms in total. The van der Waals surface area contributed by atoms with Crippen molar-refractivity contribution in [3.8, 4) is 11.5 Å². The minimum absolute atomic E-state index is 0.218. The molecular formula is C14H12Cl2O4S. The molecule has 0 unspecified atom stereocenters. The SMILES string of the molecule is COc1ccc(OS(=O)(=O)Cc2ccc(Cl)c(Cl)c2)cc1. The maximum absolute atomic E-state index is 12.0. The Labute approximate surface area is 133 Å². The van der Waals surface area contributed by atoms with Gasteiger partial charge in [-0.05, 0) is 42.0 Å². The molecule has 0 aliphatic carbocycles. The van der Waals surface area contributed by atoms with Gasteiger partial charge in [-0.3, -0.25) is 0 Å². The fourth-order valence-corrected chi connectivity index (χ4v) is 3.01. The molecule has 0 aliphatic heterocycles. The molecule has 0 spiro atoms. The van der Waals surface area contributed by atoms with Gasteiger partial charge < -0.3 is 8.92 Å². The van der Waals surface area contributed by atoms with E-state index in [0.717, 1.165) is 0 Å². The summed E-state index contributed by atoms with van der Waals surface area (Å²) in [6.07, 6.45) is 0. The summed E-state index contributed by atoms with van der Waals surface area (Å²) in [6.45, 7) is 0. The minimum Gasteiger partial charge on any atom is -0.497 e. The van der Waals surface area contributed by atoms with E-state index >= 15 is 0 Å². The van der Waals surface area contributed by atoms with Crippen molar-refractivity contribution in [2.24, 2.45) is 0 Å². The lowest BCUT2D eigenvalue weighted by atomic mass is 10.2. The monoisotopic (exact) mass is 346 g/mol. The van der Waals surface area contributed by atoms with Crippen LogP contribution in [-0.4, -0.2) is 15.5 Å². The first kappa shape index (κ1) is 15.9. The normalized spacial score (nSPS) is 11.2. The zero-order valence-electron chi connectivity index (χ0n) is 11.0. The minimum atomic E-state index is -3.78. The third-order valence-electron chi connectivity index (χ3n) is 2.61. The van der Waals surface area contributed by atoms with Crippen LogP contribution in [0.1, 0.15) is 5.56 Å². The molecule has 112 valence electrons. The Morgan fingerprint density at radius 2 is 1.57 bits per heavy atom. The lowest BCUT2D eigenvalue weighted by Gasteiger charge is -2.08. The molecule has 0 radical (unpaired) electrons. The topological polar surface area (TPSA) is 52.6 Å². The van der Waals surface area contributed by atoms with Gasteiger partial charge in [-0.2, -0.15) is 8.42 Å². The number of rotatable bonds is 5. The highest BCUT2D eigenvalue weighted by Crippen LogP contribution is 2.24. The summed E-state index contributed by atoms with van der Waals surface area (Å²) in [6, 6.07) is 10.9. The summed E-state index contributed by atoms with van der Waals surface area (Å²) in [4.78, 5) is 0. The van der Waals surface area contributed by atoms with Gasteiger partial charge in [0.1, 0.15) is 17.3 Å². The van der Waals surface area contributed by atoms with Crippen LogP contribution >= 0.6 is 23.2 Å². The molecule has 0 fully saturated rings. The predicted octanol–water partition coefficient (Wildman–Crippen LogP) is 3.91. The average molecular weight is 347 g/mol. The van der Waals surface area contributed by atoms with Crippen molar-refractivity contribution in [3.63, 3.8) is 0 Å². The van der Waals surface area contributed by atoms with E-state index in [1.54, 1.807) is 24.3 Å². The number of ether oxygens (including phenoxy) is 1. The van der Waals surface area contributed by atoms with Gasteiger partial charge >= 0.3 is 10.1 Å². The first-order valence-corrected chi connectivity index (χ1v) is 8.23. The molecule has 7 heteroatoms. The standard InChI is InChI=1S/C14H12Cl2O4S/c1-19-11-3-5-12(6-4-11)20-21(17,18)9-10-2-7-13(15)14(16)8-10/h2-8H,9H2,1H3. The Kier molecular flexibility index (Phi) is 4.98. The first-order chi connectivity index (χ1) is 9.89. The fourth-order valence-electron chi connectivity index (χ4n) is 1.64. The molecule has 2 rings (SSSR count). The molecule has 0 bridgehead atoms. The third-order valence-corrected chi connectivity index (χ3v) is 4.48. The lowest BCUT2D eigenvalue weighted by molar-refractivity contribution is 0.413. The van der Waals surface area contributed by atoms with E-state index < -0.39 is 10.1 Å². The van der Waals surface area contributed by atoms with Gasteiger partial charge in [0, 0.05) is 0 Å². The molecule has 0 N–H and O–H groups in total. The van der Waals surface area contributed by atoms with Crippen LogP contribution in [0.25, 0.3) is 0 Å². The number of methoxy groups -OCH3 is 1. The molecule has 2 aromatic rings. The maximum atomic E-state index is 12.0. The molecule has 0 heterocycles. The quantitative estimate of drug-likeness (QED) is 0.770. The second-order valence-corrected chi connectivity index (χ2v) is 6.59. The summed E-state index contributed by atoms with van der Waals surface area (Å²) in [5.74, 6) is 0.538. The summed E-state index contributed by atoms with van der Waals surface area (Å²) in [7, 11) is -2.25. The summed E-state index contributed by atoms with van der Waals surface area (Å²) in [5, 5.41) is 0.669. The van der Waals surface area contributed by atoms with Gasteiger partial charge in [-0.15, -0.1) is 0 Å². The Balaban J connectivity index is 2.12.